The Morgan fingerprint density at radius 1 is 0.429 bits per heavy atom. The molecule has 0 amide bonds. The third-order valence-electron chi connectivity index (χ3n) is 13.0. The predicted molar refractivity (Wildman–Crippen MR) is 307 cm³/mol. The average molecular weight is 1080 g/mol. The molecule has 0 aromatic heterocycles. The van der Waals surface area contributed by atoms with Crippen molar-refractivity contribution in [1.82, 2.24) is 0 Å². The molecule has 0 saturated carbocycles. The first-order chi connectivity index (χ1) is 37.6. The molecule has 0 spiro atoms. The molecule has 77 heavy (non-hydrogen) atoms. The van der Waals surface area contributed by atoms with Crippen LogP contribution in [-0.4, -0.2) is 142 Å². The fraction of sp³-hybridized carbons (Fsp3) is 0.667. The van der Waals surface area contributed by atoms with Crippen molar-refractivity contribution in [3.63, 3.8) is 0 Å². The van der Waals surface area contributed by atoms with E-state index in [2.05, 4.69) is 135 Å². The molecule has 2 heterocycles. The fourth-order valence-electron chi connectivity index (χ4n) is 8.34. The van der Waals surface area contributed by atoms with E-state index < -0.39 is 86.7 Å². The summed E-state index contributed by atoms with van der Waals surface area (Å²) in [5.41, 5.74) is 0. The van der Waals surface area contributed by atoms with Gasteiger partial charge in [0.25, 0.3) is 0 Å². The lowest BCUT2D eigenvalue weighted by Gasteiger charge is -2.42. The van der Waals surface area contributed by atoms with Crippen molar-refractivity contribution in [2.24, 2.45) is 0 Å². The zero-order chi connectivity index (χ0) is 55.8. The van der Waals surface area contributed by atoms with Crippen molar-refractivity contribution in [2.45, 2.75) is 235 Å². The van der Waals surface area contributed by atoms with Crippen LogP contribution in [0, 0.1) is 0 Å². The fourth-order valence-corrected chi connectivity index (χ4v) is 8.34. The van der Waals surface area contributed by atoms with Gasteiger partial charge >= 0.3 is 5.97 Å². The Morgan fingerprint density at radius 3 is 1.26 bits per heavy atom. The molecule has 0 bridgehead atoms. The molecular formula is C63H102O14. The number of carbonyl (C=O) groups is 1. The largest absolute Gasteiger partial charge is 0.457 e. The van der Waals surface area contributed by atoms with E-state index in [0.29, 0.717) is 13.0 Å². The van der Waals surface area contributed by atoms with Gasteiger partial charge in [-0.1, -0.05) is 180 Å². The van der Waals surface area contributed by atoms with E-state index in [1.807, 2.05) is 0 Å². The first-order valence-corrected chi connectivity index (χ1v) is 29.1. The molecule has 0 aliphatic carbocycles. The van der Waals surface area contributed by atoms with Crippen LogP contribution in [0.4, 0.5) is 0 Å². The van der Waals surface area contributed by atoms with E-state index in [1.54, 1.807) is 0 Å². The van der Waals surface area contributed by atoms with E-state index >= 15 is 0 Å². The third-order valence-corrected chi connectivity index (χ3v) is 13.0. The van der Waals surface area contributed by atoms with Crippen LogP contribution in [0.25, 0.3) is 0 Å². The van der Waals surface area contributed by atoms with Gasteiger partial charge in [0, 0.05) is 13.0 Å². The van der Waals surface area contributed by atoms with Crippen molar-refractivity contribution in [2.75, 3.05) is 33.0 Å². The molecule has 2 aliphatic rings. The number of hydrogen-bond acceptors (Lipinski definition) is 14. The molecule has 7 N–H and O–H groups in total. The SMILES string of the molecule is CC/C=C\C/C=C\C/C=C\C/C=C\C/C=C\CCCCCCCCCCCC(=O)OC(COCCCC/C=C\C/C=C\C/C=C\C/C=C\C/C=C\CC)COC1OC(COC2OC(CO)C(O)C(O)C2O)C(O)C(O)C1O. The maximum atomic E-state index is 13.1. The standard InChI is InChI=1S/C63H102O14/c1-3-5-7-9-11-13-15-17-19-21-23-24-25-26-27-28-29-30-32-34-36-38-40-42-44-46-55(65)75-52(49-72-47-45-43-41-39-37-35-33-31-22-20-18-16-14-12-10-8-6-4-2)50-73-62-61(71)59(69)57(67)54(77-62)51-74-63-60(70)58(68)56(66)53(48-64)76-63/h5-8,11-14,17-20,23-24,26-27,31,33,37,39,52-54,56-64,66-71H,3-4,9-10,15-16,21-22,25,28-30,32,34-36,38,40-51H2,1-2H3/b7-5-,8-6-,13-11-,14-12-,19-17-,20-18-,24-23-,27-26-,33-31-,39-37-. The van der Waals surface area contributed by atoms with Gasteiger partial charge in [0.05, 0.1) is 26.4 Å². The van der Waals surface area contributed by atoms with Crippen molar-refractivity contribution in [3.8, 4) is 0 Å². The van der Waals surface area contributed by atoms with Crippen molar-refractivity contribution in [1.29, 1.82) is 0 Å². The van der Waals surface area contributed by atoms with Gasteiger partial charge in [-0.2, -0.15) is 0 Å². The smallest absolute Gasteiger partial charge is 0.306 e. The number of carbonyl (C=O) groups excluding carboxylic acids is 1. The molecule has 0 aromatic rings. The van der Waals surface area contributed by atoms with Gasteiger partial charge < -0.3 is 64.2 Å². The predicted octanol–water partition coefficient (Wildman–Crippen LogP) is 10.5. The zero-order valence-corrected chi connectivity index (χ0v) is 46.9. The highest BCUT2D eigenvalue weighted by Crippen LogP contribution is 2.26. The highest BCUT2D eigenvalue weighted by molar-refractivity contribution is 5.69. The number of allylic oxidation sites excluding steroid dienone is 20. The molecule has 14 heteroatoms. The first kappa shape index (κ1) is 69.5. The molecular weight excluding hydrogens is 981 g/mol. The Bertz CT molecular complexity index is 1730. The van der Waals surface area contributed by atoms with Gasteiger partial charge in [-0.15, -0.1) is 0 Å². The lowest BCUT2D eigenvalue weighted by Crippen LogP contribution is -2.61. The van der Waals surface area contributed by atoms with Crippen LogP contribution < -0.4 is 0 Å². The summed E-state index contributed by atoms with van der Waals surface area (Å²) in [6.07, 6.45) is 51.2. The topological polar surface area (TPSA) is 214 Å². The molecule has 2 fully saturated rings. The minimum atomic E-state index is -1.72. The van der Waals surface area contributed by atoms with Gasteiger partial charge in [-0.05, 0) is 103 Å². The van der Waals surface area contributed by atoms with Crippen LogP contribution in [-0.2, 0) is 33.2 Å². The second kappa shape index (κ2) is 48.3. The summed E-state index contributed by atoms with van der Waals surface area (Å²) < 4.78 is 34.3. The molecule has 2 aliphatic heterocycles. The Labute approximate surface area is 463 Å². The van der Waals surface area contributed by atoms with Crippen LogP contribution in [0.1, 0.15) is 168 Å². The van der Waals surface area contributed by atoms with E-state index in [9.17, 15) is 40.5 Å². The van der Waals surface area contributed by atoms with Gasteiger partial charge in [-0.3, -0.25) is 4.79 Å². The zero-order valence-electron chi connectivity index (χ0n) is 46.9. The number of hydrogen-bond donors (Lipinski definition) is 7. The van der Waals surface area contributed by atoms with E-state index in [-0.39, 0.29) is 19.6 Å². The molecule has 2 rings (SSSR count). The van der Waals surface area contributed by atoms with E-state index in [4.69, 9.17) is 28.4 Å². The average Bonchev–Trinajstić information content (AvgIpc) is 3.43. The maximum absolute atomic E-state index is 13.1. The Kier molecular flexibility index (Phi) is 43.6. The minimum absolute atomic E-state index is 0.0212. The quantitative estimate of drug-likeness (QED) is 0.0172. The molecule has 0 aromatic carbocycles. The normalized spacial score (nSPS) is 25.2. The monoisotopic (exact) mass is 1080 g/mol. The maximum Gasteiger partial charge on any atom is 0.306 e. The summed E-state index contributed by atoms with van der Waals surface area (Å²) in [6, 6.07) is 0. The number of esters is 1. The van der Waals surface area contributed by atoms with Crippen molar-refractivity contribution < 1.29 is 69.0 Å². The lowest BCUT2D eigenvalue weighted by atomic mass is 9.98. The highest BCUT2D eigenvalue weighted by atomic mass is 16.7. The van der Waals surface area contributed by atoms with E-state index in [0.717, 1.165) is 109 Å². The van der Waals surface area contributed by atoms with Crippen LogP contribution in [0.15, 0.2) is 122 Å². The van der Waals surface area contributed by atoms with Crippen LogP contribution in [0.5, 0.6) is 0 Å². The van der Waals surface area contributed by atoms with Gasteiger partial charge in [-0.25, -0.2) is 0 Å². The van der Waals surface area contributed by atoms with Gasteiger partial charge in [0.15, 0.2) is 12.6 Å². The second-order valence-corrected chi connectivity index (χ2v) is 19.7. The van der Waals surface area contributed by atoms with Crippen LogP contribution >= 0.6 is 0 Å². The number of aliphatic hydroxyl groups excluding tert-OH is 7. The minimum Gasteiger partial charge on any atom is -0.457 e. The molecule has 11 unspecified atom stereocenters. The molecule has 11 atom stereocenters. The molecule has 14 nitrogen and oxygen atoms in total. The first-order valence-electron chi connectivity index (χ1n) is 29.1. The van der Waals surface area contributed by atoms with Crippen molar-refractivity contribution >= 4 is 5.97 Å². The summed E-state index contributed by atoms with van der Waals surface area (Å²) in [7, 11) is 0. The summed E-state index contributed by atoms with van der Waals surface area (Å²) >= 11 is 0. The molecule has 438 valence electrons. The summed E-state index contributed by atoms with van der Waals surface area (Å²) in [5, 5.41) is 72.4. The van der Waals surface area contributed by atoms with E-state index in [1.165, 1.54) is 32.1 Å². The lowest BCUT2D eigenvalue weighted by molar-refractivity contribution is -0.332. The Hall–Kier alpha value is -3.61. The van der Waals surface area contributed by atoms with Crippen LogP contribution in [0.3, 0.4) is 0 Å². The third kappa shape index (κ3) is 34.9. The molecule has 0 radical (unpaired) electrons. The highest BCUT2D eigenvalue weighted by Gasteiger charge is 2.47. The summed E-state index contributed by atoms with van der Waals surface area (Å²) in [6.45, 7) is 3.32. The van der Waals surface area contributed by atoms with Gasteiger partial charge in [0.1, 0.15) is 54.9 Å². The summed E-state index contributed by atoms with van der Waals surface area (Å²) in [4.78, 5) is 13.1. The Balaban J connectivity index is 1.73. The van der Waals surface area contributed by atoms with Crippen LogP contribution in [0.2, 0.25) is 0 Å². The number of aliphatic hydroxyl groups is 7. The summed E-state index contributed by atoms with van der Waals surface area (Å²) in [5.74, 6) is -0.403. The van der Waals surface area contributed by atoms with Crippen molar-refractivity contribution in [3.05, 3.63) is 122 Å². The Morgan fingerprint density at radius 2 is 0.805 bits per heavy atom. The number of rotatable bonds is 45. The van der Waals surface area contributed by atoms with Gasteiger partial charge in [0.2, 0.25) is 0 Å². The molecule has 2 saturated heterocycles. The number of unbranched alkanes of at least 4 members (excludes halogenated alkanes) is 11. The second-order valence-electron chi connectivity index (χ2n) is 19.7. The number of ether oxygens (including phenoxy) is 6.